The van der Waals surface area contributed by atoms with Crippen LogP contribution in [0.15, 0.2) is 81.6 Å². The lowest BCUT2D eigenvalue weighted by atomic mass is 10.1. The highest BCUT2D eigenvalue weighted by molar-refractivity contribution is 7.98. The molecule has 5 nitrogen and oxygen atoms in total. The second-order valence-electron chi connectivity index (χ2n) is 6.45. The van der Waals surface area contributed by atoms with Crippen LogP contribution in [0.25, 0.3) is 22.4 Å². The third kappa shape index (κ3) is 3.64. The second kappa shape index (κ2) is 7.86. The summed E-state index contributed by atoms with van der Waals surface area (Å²) in [6.07, 6.45) is 1.83. The Morgan fingerprint density at radius 1 is 1.14 bits per heavy atom. The quantitative estimate of drug-likeness (QED) is 0.268. The monoisotopic (exact) mass is 389 g/mol. The Morgan fingerprint density at radius 2 is 1.96 bits per heavy atom. The van der Waals surface area contributed by atoms with E-state index >= 15 is 0 Å². The van der Waals surface area contributed by atoms with Gasteiger partial charge in [0.25, 0.3) is 0 Å². The van der Waals surface area contributed by atoms with Crippen LogP contribution in [0, 0.1) is 6.92 Å². The predicted octanol–water partition coefficient (Wildman–Crippen LogP) is 4.84. The average Bonchev–Trinajstić information content (AvgIpc) is 3.09. The molecule has 0 saturated heterocycles. The molecule has 6 heteroatoms. The molecule has 2 aromatic heterocycles. The summed E-state index contributed by atoms with van der Waals surface area (Å²) >= 11 is 1.54. The van der Waals surface area contributed by atoms with Crippen LogP contribution >= 0.6 is 11.8 Å². The molecule has 4 aromatic rings. The van der Waals surface area contributed by atoms with Crippen LogP contribution in [-0.2, 0) is 12.3 Å². The van der Waals surface area contributed by atoms with E-state index in [-0.39, 0.29) is 5.63 Å². The molecule has 0 spiro atoms. The first-order valence-electron chi connectivity index (χ1n) is 8.91. The minimum atomic E-state index is -0.341. The smallest absolute Gasteiger partial charge is 0.336 e. The molecule has 0 atom stereocenters. The molecule has 140 valence electrons. The molecule has 0 saturated carbocycles. The van der Waals surface area contributed by atoms with E-state index in [0.29, 0.717) is 17.9 Å². The van der Waals surface area contributed by atoms with Gasteiger partial charge >= 0.3 is 5.63 Å². The van der Waals surface area contributed by atoms with Gasteiger partial charge < -0.3 is 4.42 Å². The zero-order chi connectivity index (χ0) is 19.5. The summed E-state index contributed by atoms with van der Waals surface area (Å²) in [5.41, 5.74) is 3.25. The number of hydrogen-bond donors (Lipinski definition) is 0. The molecule has 0 N–H and O–H groups in total. The molecule has 4 rings (SSSR count). The first kappa shape index (κ1) is 18.3. The Hall–Kier alpha value is -3.12. The number of thioether (sulfide) groups is 1. The molecule has 0 aliphatic rings. The normalized spacial score (nSPS) is 11.0. The van der Waals surface area contributed by atoms with Gasteiger partial charge in [-0.25, -0.2) is 4.79 Å². The highest BCUT2D eigenvalue weighted by atomic mass is 32.2. The topological polar surface area (TPSA) is 60.9 Å². The van der Waals surface area contributed by atoms with Gasteiger partial charge in [0.15, 0.2) is 11.0 Å². The highest BCUT2D eigenvalue weighted by Crippen LogP contribution is 2.28. The minimum absolute atomic E-state index is 0.341. The molecule has 0 aliphatic carbocycles. The summed E-state index contributed by atoms with van der Waals surface area (Å²) in [7, 11) is 0. The lowest BCUT2D eigenvalue weighted by Crippen LogP contribution is -2.02. The molecule has 0 unspecified atom stereocenters. The Balaban J connectivity index is 1.68. The highest BCUT2D eigenvalue weighted by Gasteiger charge is 2.14. The fraction of sp³-hybridized carbons (Fsp3) is 0.136. The summed E-state index contributed by atoms with van der Waals surface area (Å²) in [5, 5.41) is 10.5. The number of aromatic nitrogens is 3. The molecule has 28 heavy (non-hydrogen) atoms. The molecular formula is C22H19N3O2S. The standard InChI is InChI=1S/C22H19N3O2S/c1-3-11-25-21(16-7-5-4-6-8-16)23-24-22(25)28-14-17-13-20(26)27-19-12-15(2)9-10-18(17)19/h3-10,12-13H,1,11,14H2,2H3. The van der Waals surface area contributed by atoms with Crippen LogP contribution in [0.4, 0.5) is 0 Å². The van der Waals surface area contributed by atoms with Gasteiger partial charge in [-0.3, -0.25) is 4.57 Å². The number of benzene rings is 2. The van der Waals surface area contributed by atoms with E-state index in [1.165, 1.54) is 0 Å². The molecule has 0 amide bonds. The van der Waals surface area contributed by atoms with Gasteiger partial charge in [0.2, 0.25) is 0 Å². The van der Waals surface area contributed by atoms with Crippen molar-refractivity contribution >= 4 is 22.7 Å². The SMILES string of the molecule is C=CCn1c(SCc2cc(=O)oc3cc(C)ccc23)nnc1-c1ccccc1. The Labute approximate surface area is 166 Å². The van der Waals surface area contributed by atoms with Crippen LogP contribution < -0.4 is 5.63 Å². The minimum Gasteiger partial charge on any atom is -0.423 e. The lowest BCUT2D eigenvalue weighted by Gasteiger charge is -2.09. The zero-order valence-corrected chi connectivity index (χ0v) is 16.3. The van der Waals surface area contributed by atoms with Crippen molar-refractivity contribution in [3.63, 3.8) is 0 Å². The van der Waals surface area contributed by atoms with Crippen molar-refractivity contribution in [3.05, 3.63) is 88.8 Å². The summed E-state index contributed by atoms with van der Waals surface area (Å²) in [4.78, 5) is 12.0. The fourth-order valence-electron chi connectivity index (χ4n) is 3.09. The van der Waals surface area contributed by atoms with E-state index in [4.69, 9.17) is 4.42 Å². The Kier molecular flexibility index (Phi) is 5.12. The van der Waals surface area contributed by atoms with Gasteiger partial charge in [-0.2, -0.15) is 0 Å². The Morgan fingerprint density at radius 3 is 2.75 bits per heavy atom. The van der Waals surface area contributed by atoms with Gasteiger partial charge in [-0.15, -0.1) is 16.8 Å². The third-order valence-corrected chi connectivity index (χ3v) is 5.42. The first-order chi connectivity index (χ1) is 13.7. The average molecular weight is 389 g/mol. The van der Waals surface area contributed by atoms with Crippen molar-refractivity contribution in [1.82, 2.24) is 14.8 Å². The zero-order valence-electron chi connectivity index (χ0n) is 15.5. The Bertz CT molecular complexity index is 1200. The summed E-state index contributed by atoms with van der Waals surface area (Å²) in [5.74, 6) is 1.39. The van der Waals surface area contributed by atoms with Crippen molar-refractivity contribution in [2.24, 2.45) is 0 Å². The van der Waals surface area contributed by atoms with Crippen molar-refractivity contribution in [2.45, 2.75) is 24.4 Å². The van der Waals surface area contributed by atoms with Gasteiger partial charge in [-0.05, 0) is 24.1 Å². The van der Waals surface area contributed by atoms with Crippen LogP contribution in [0.2, 0.25) is 0 Å². The predicted molar refractivity (Wildman–Crippen MR) is 112 cm³/mol. The largest absolute Gasteiger partial charge is 0.423 e. The number of fused-ring (bicyclic) bond motifs is 1. The van der Waals surface area contributed by atoms with E-state index in [9.17, 15) is 4.79 Å². The van der Waals surface area contributed by atoms with E-state index in [1.54, 1.807) is 17.8 Å². The van der Waals surface area contributed by atoms with Crippen LogP contribution in [0.1, 0.15) is 11.1 Å². The van der Waals surface area contributed by atoms with E-state index in [2.05, 4.69) is 16.8 Å². The molecule has 2 aromatic carbocycles. The van der Waals surface area contributed by atoms with Gasteiger partial charge in [0, 0.05) is 29.3 Å². The maximum Gasteiger partial charge on any atom is 0.336 e. The van der Waals surface area contributed by atoms with Gasteiger partial charge in [-0.1, -0.05) is 60.3 Å². The molecule has 0 fully saturated rings. The van der Waals surface area contributed by atoms with Gasteiger partial charge in [0.1, 0.15) is 5.58 Å². The van der Waals surface area contributed by atoms with E-state index in [1.807, 2.05) is 66.1 Å². The number of hydrogen-bond acceptors (Lipinski definition) is 5. The number of rotatable bonds is 6. The molecule has 0 aliphatic heterocycles. The van der Waals surface area contributed by atoms with Crippen LogP contribution in [0.5, 0.6) is 0 Å². The fourth-order valence-corrected chi connectivity index (χ4v) is 4.03. The summed E-state index contributed by atoms with van der Waals surface area (Å²) in [6, 6.07) is 17.4. The first-order valence-corrected chi connectivity index (χ1v) is 9.90. The number of aryl methyl sites for hydroxylation is 1. The summed E-state index contributed by atoms with van der Waals surface area (Å²) < 4.78 is 7.38. The summed E-state index contributed by atoms with van der Waals surface area (Å²) in [6.45, 7) is 6.43. The van der Waals surface area contributed by atoms with Crippen LogP contribution in [-0.4, -0.2) is 14.8 Å². The number of allylic oxidation sites excluding steroid dienone is 1. The van der Waals surface area contributed by atoms with Gasteiger partial charge in [0.05, 0.1) is 0 Å². The maximum absolute atomic E-state index is 12.0. The molecular weight excluding hydrogens is 370 g/mol. The molecule has 0 bridgehead atoms. The van der Waals surface area contributed by atoms with Crippen molar-refractivity contribution in [3.8, 4) is 11.4 Å². The molecule has 2 heterocycles. The number of nitrogens with zero attached hydrogens (tertiary/aromatic N) is 3. The third-order valence-electron chi connectivity index (χ3n) is 4.40. The van der Waals surface area contributed by atoms with Crippen molar-refractivity contribution in [2.75, 3.05) is 0 Å². The van der Waals surface area contributed by atoms with Crippen molar-refractivity contribution in [1.29, 1.82) is 0 Å². The van der Waals surface area contributed by atoms with Crippen molar-refractivity contribution < 1.29 is 4.42 Å². The molecule has 0 radical (unpaired) electrons. The van der Waals surface area contributed by atoms with E-state index in [0.717, 1.165) is 33.1 Å². The van der Waals surface area contributed by atoms with E-state index < -0.39 is 0 Å². The maximum atomic E-state index is 12.0. The van der Waals surface area contributed by atoms with Crippen LogP contribution in [0.3, 0.4) is 0 Å². The second-order valence-corrected chi connectivity index (χ2v) is 7.39. The lowest BCUT2D eigenvalue weighted by molar-refractivity contribution is 0.559.